The van der Waals surface area contributed by atoms with Crippen LogP contribution >= 0.6 is 0 Å². The summed E-state index contributed by atoms with van der Waals surface area (Å²) < 4.78 is 27.7. The van der Waals surface area contributed by atoms with E-state index in [1.165, 1.54) is 18.5 Å². The summed E-state index contributed by atoms with van der Waals surface area (Å²) in [7, 11) is -3.60. The molecule has 0 saturated heterocycles. The van der Waals surface area contributed by atoms with Crippen molar-refractivity contribution in [3.8, 4) is 0 Å². The van der Waals surface area contributed by atoms with E-state index in [1.54, 1.807) is 10.9 Å². The minimum Gasteiger partial charge on any atom is -0.275 e. The molecule has 0 aromatic carbocycles. The van der Waals surface area contributed by atoms with Gasteiger partial charge in [-0.25, -0.2) is 0 Å². The molecule has 92 valence electrons. The van der Waals surface area contributed by atoms with Gasteiger partial charge in [-0.1, -0.05) is 0 Å². The molecule has 8 heteroatoms. The lowest BCUT2D eigenvalue weighted by Crippen LogP contribution is -2.13. The van der Waals surface area contributed by atoms with Crippen molar-refractivity contribution in [1.82, 2.24) is 20.0 Å². The summed E-state index contributed by atoms with van der Waals surface area (Å²) in [5.41, 5.74) is 0.424. The van der Waals surface area contributed by atoms with Gasteiger partial charge in [0.15, 0.2) is 5.03 Å². The average Bonchev–Trinajstić information content (AvgIpc) is 2.85. The lowest BCUT2D eigenvalue weighted by atomic mass is 10.4. The van der Waals surface area contributed by atoms with E-state index in [9.17, 15) is 8.42 Å². The van der Waals surface area contributed by atoms with Gasteiger partial charge in [-0.2, -0.15) is 18.6 Å². The Hall–Kier alpha value is -1.83. The third-order valence-corrected chi connectivity index (χ3v) is 3.46. The zero-order chi connectivity index (χ0) is 12.5. The fourth-order valence-corrected chi connectivity index (χ4v) is 2.21. The number of H-pyrrole nitrogens is 1. The van der Waals surface area contributed by atoms with Crippen LogP contribution in [0.15, 0.2) is 29.7 Å². The van der Waals surface area contributed by atoms with E-state index in [4.69, 9.17) is 0 Å². The molecular formula is C9H13N5O2S. The van der Waals surface area contributed by atoms with Gasteiger partial charge < -0.3 is 0 Å². The molecule has 7 nitrogen and oxygen atoms in total. The van der Waals surface area contributed by atoms with Crippen molar-refractivity contribution in [3.05, 3.63) is 24.7 Å². The number of nitrogens with one attached hydrogen (secondary N) is 2. The van der Waals surface area contributed by atoms with E-state index in [2.05, 4.69) is 20.0 Å². The molecule has 2 aromatic rings. The van der Waals surface area contributed by atoms with E-state index in [1.807, 2.05) is 13.8 Å². The third kappa shape index (κ3) is 2.47. The summed E-state index contributed by atoms with van der Waals surface area (Å²) in [5, 5.41) is 10.1. The van der Waals surface area contributed by atoms with E-state index < -0.39 is 10.0 Å². The Morgan fingerprint density at radius 3 is 2.76 bits per heavy atom. The van der Waals surface area contributed by atoms with Gasteiger partial charge in [0.2, 0.25) is 0 Å². The number of hydrogen-bond donors (Lipinski definition) is 2. The zero-order valence-electron chi connectivity index (χ0n) is 9.45. The Balaban J connectivity index is 2.21. The summed E-state index contributed by atoms with van der Waals surface area (Å²) in [6.07, 6.45) is 4.48. The molecule has 2 aromatic heterocycles. The maximum atomic E-state index is 11.8. The summed E-state index contributed by atoms with van der Waals surface area (Å²) in [5.74, 6) is 0. The molecule has 0 radical (unpaired) electrons. The highest BCUT2D eigenvalue weighted by Gasteiger charge is 2.16. The van der Waals surface area contributed by atoms with Crippen LogP contribution in [0, 0.1) is 0 Å². The monoisotopic (exact) mass is 255 g/mol. The third-order valence-electron chi connectivity index (χ3n) is 2.15. The molecule has 0 aliphatic carbocycles. The number of aromatic nitrogens is 4. The Morgan fingerprint density at radius 2 is 2.24 bits per heavy atom. The lowest BCUT2D eigenvalue weighted by molar-refractivity contribution is 0.532. The molecule has 0 bridgehead atoms. The highest BCUT2D eigenvalue weighted by molar-refractivity contribution is 7.92. The molecular weight excluding hydrogens is 242 g/mol. The van der Waals surface area contributed by atoms with Crippen LogP contribution in [0.1, 0.15) is 19.9 Å². The van der Waals surface area contributed by atoms with Crippen molar-refractivity contribution < 1.29 is 8.42 Å². The first-order valence-corrected chi connectivity index (χ1v) is 6.54. The van der Waals surface area contributed by atoms with Crippen LogP contribution in [0.5, 0.6) is 0 Å². The normalized spacial score (nSPS) is 11.9. The van der Waals surface area contributed by atoms with Crippen LogP contribution in [0.3, 0.4) is 0 Å². The van der Waals surface area contributed by atoms with Crippen molar-refractivity contribution in [2.24, 2.45) is 0 Å². The number of aromatic amines is 1. The van der Waals surface area contributed by atoms with Crippen LogP contribution < -0.4 is 4.72 Å². The maximum absolute atomic E-state index is 11.8. The summed E-state index contributed by atoms with van der Waals surface area (Å²) in [4.78, 5) is 0. The van der Waals surface area contributed by atoms with Crippen molar-refractivity contribution in [2.75, 3.05) is 4.72 Å². The molecule has 2 rings (SSSR count). The highest BCUT2D eigenvalue weighted by atomic mass is 32.2. The van der Waals surface area contributed by atoms with Crippen LogP contribution in [0.25, 0.3) is 0 Å². The molecule has 0 atom stereocenters. The number of sulfonamides is 1. The zero-order valence-corrected chi connectivity index (χ0v) is 10.3. The summed E-state index contributed by atoms with van der Waals surface area (Å²) in [6, 6.07) is 1.57. The minimum absolute atomic E-state index is 0.0230. The van der Waals surface area contributed by atoms with Gasteiger partial charge in [0.25, 0.3) is 10.0 Å². The summed E-state index contributed by atoms with van der Waals surface area (Å²) >= 11 is 0. The van der Waals surface area contributed by atoms with Crippen molar-refractivity contribution in [1.29, 1.82) is 0 Å². The minimum atomic E-state index is -3.60. The van der Waals surface area contributed by atoms with Gasteiger partial charge in [0.05, 0.1) is 18.1 Å². The molecule has 0 fully saturated rings. The van der Waals surface area contributed by atoms with Crippen LogP contribution in [0.2, 0.25) is 0 Å². The van der Waals surface area contributed by atoms with E-state index in [0.29, 0.717) is 5.69 Å². The second-order valence-corrected chi connectivity index (χ2v) is 5.48. The van der Waals surface area contributed by atoms with Crippen molar-refractivity contribution in [2.45, 2.75) is 24.9 Å². The average molecular weight is 255 g/mol. The van der Waals surface area contributed by atoms with E-state index >= 15 is 0 Å². The van der Waals surface area contributed by atoms with Gasteiger partial charge >= 0.3 is 0 Å². The second kappa shape index (κ2) is 4.21. The number of nitrogens with zero attached hydrogens (tertiary/aromatic N) is 3. The standard InChI is InChI=1S/C9H13N5O2S/c1-7(2)14-6-8(5-11-14)13-17(15,16)9-3-4-10-12-9/h3-7,13H,1-2H3,(H,10,12). The number of anilines is 1. The molecule has 0 saturated carbocycles. The van der Waals surface area contributed by atoms with Crippen molar-refractivity contribution >= 4 is 15.7 Å². The maximum Gasteiger partial charge on any atom is 0.278 e. The lowest BCUT2D eigenvalue weighted by Gasteiger charge is -2.04. The fraction of sp³-hybridized carbons (Fsp3) is 0.333. The Kier molecular flexibility index (Phi) is 2.88. The van der Waals surface area contributed by atoms with Gasteiger partial charge in [0.1, 0.15) is 0 Å². The highest BCUT2D eigenvalue weighted by Crippen LogP contribution is 2.14. The Morgan fingerprint density at radius 1 is 1.47 bits per heavy atom. The number of hydrogen-bond acceptors (Lipinski definition) is 4. The van der Waals surface area contributed by atoms with Crippen molar-refractivity contribution in [3.63, 3.8) is 0 Å². The predicted octanol–water partition coefficient (Wildman–Crippen LogP) is 0.988. The van der Waals surface area contributed by atoms with Gasteiger partial charge in [-0.15, -0.1) is 0 Å². The van der Waals surface area contributed by atoms with Gasteiger partial charge in [0, 0.05) is 12.2 Å². The first-order valence-electron chi connectivity index (χ1n) is 5.05. The molecule has 2 N–H and O–H groups in total. The Bertz CT molecular complexity index is 585. The van der Waals surface area contributed by atoms with E-state index in [0.717, 1.165) is 0 Å². The van der Waals surface area contributed by atoms with Crippen LogP contribution in [0.4, 0.5) is 5.69 Å². The smallest absolute Gasteiger partial charge is 0.275 e. The molecule has 0 amide bonds. The SMILES string of the molecule is CC(C)n1cc(NS(=O)(=O)c2ccn[nH]2)cn1. The summed E-state index contributed by atoms with van der Waals surface area (Å²) in [6.45, 7) is 3.92. The second-order valence-electron chi connectivity index (χ2n) is 3.83. The predicted molar refractivity (Wildman–Crippen MR) is 62.0 cm³/mol. The molecule has 0 spiro atoms. The van der Waals surface area contributed by atoms with Gasteiger partial charge in [-0.3, -0.25) is 14.5 Å². The van der Waals surface area contributed by atoms with Crippen LogP contribution in [-0.4, -0.2) is 28.4 Å². The number of rotatable bonds is 4. The molecule has 0 unspecified atom stereocenters. The fourth-order valence-electron chi connectivity index (χ4n) is 1.28. The largest absolute Gasteiger partial charge is 0.278 e. The van der Waals surface area contributed by atoms with E-state index in [-0.39, 0.29) is 11.1 Å². The Labute approximate surface area is 98.9 Å². The molecule has 0 aliphatic rings. The molecule has 0 aliphatic heterocycles. The molecule has 17 heavy (non-hydrogen) atoms. The molecule has 2 heterocycles. The quantitative estimate of drug-likeness (QED) is 0.852. The first-order chi connectivity index (χ1) is 7.99. The van der Waals surface area contributed by atoms with Crippen LogP contribution in [-0.2, 0) is 10.0 Å². The van der Waals surface area contributed by atoms with Gasteiger partial charge in [-0.05, 0) is 19.9 Å². The topological polar surface area (TPSA) is 92.7 Å². The first kappa shape index (κ1) is 11.6.